The van der Waals surface area contributed by atoms with E-state index in [-0.39, 0.29) is 12.1 Å². The Labute approximate surface area is 178 Å². The molecule has 0 radical (unpaired) electrons. The highest BCUT2D eigenvalue weighted by Gasteiger charge is 2.34. The second-order valence-corrected chi connectivity index (χ2v) is 7.96. The molecule has 0 aliphatic carbocycles. The van der Waals surface area contributed by atoms with Gasteiger partial charge in [-0.05, 0) is 24.6 Å². The van der Waals surface area contributed by atoms with Gasteiger partial charge in [0.15, 0.2) is 5.96 Å². The lowest BCUT2D eigenvalue weighted by atomic mass is 10.0. The Morgan fingerprint density at radius 3 is 2.67 bits per heavy atom. The van der Waals surface area contributed by atoms with E-state index in [9.17, 15) is 13.2 Å². The summed E-state index contributed by atoms with van der Waals surface area (Å²) in [5, 5.41) is 9.10. The topological polar surface area (TPSA) is 61.8 Å². The van der Waals surface area contributed by atoms with E-state index in [0.29, 0.717) is 50.9 Å². The standard InChI is InChI=1S/C20H26F3N5OS/c1-14-27-16(13-30-14)5-6-25-19(24-2)26-12-15-3-4-17(11-18(15)20(21,22)23)28-7-9-29-10-8-28/h3-4,11,13H,5-10,12H2,1-2H3,(H2,24,25,26). The largest absolute Gasteiger partial charge is 0.416 e. The van der Waals surface area contributed by atoms with Gasteiger partial charge >= 0.3 is 6.18 Å². The predicted octanol–water partition coefficient (Wildman–Crippen LogP) is 3.21. The molecule has 2 aromatic rings. The lowest BCUT2D eigenvalue weighted by molar-refractivity contribution is -0.138. The maximum absolute atomic E-state index is 13.7. The van der Waals surface area contributed by atoms with Crippen molar-refractivity contribution in [1.82, 2.24) is 15.6 Å². The number of guanidine groups is 1. The molecule has 0 unspecified atom stereocenters. The number of anilines is 1. The summed E-state index contributed by atoms with van der Waals surface area (Å²) in [6.45, 7) is 4.78. The molecule has 1 aromatic carbocycles. The highest BCUT2D eigenvalue weighted by molar-refractivity contribution is 7.09. The van der Waals surface area contributed by atoms with E-state index < -0.39 is 11.7 Å². The van der Waals surface area contributed by atoms with Crippen molar-refractivity contribution in [2.75, 3.05) is 44.8 Å². The smallest absolute Gasteiger partial charge is 0.378 e. The minimum atomic E-state index is -4.43. The minimum absolute atomic E-state index is 0.0215. The quantitative estimate of drug-likeness (QED) is 0.533. The third kappa shape index (κ3) is 6.09. The summed E-state index contributed by atoms with van der Waals surface area (Å²) in [5.74, 6) is 0.451. The molecule has 0 amide bonds. The lowest BCUT2D eigenvalue weighted by Gasteiger charge is -2.29. The van der Waals surface area contributed by atoms with Crippen molar-refractivity contribution in [3.63, 3.8) is 0 Å². The number of hydrogen-bond donors (Lipinski definition) is 2. The number of nitrogens with zero attached hydrogens (tertiary/aromatic N) is 3. The third-order valence-corrected chi connectivity index (χ3v) is 5.61. The molecule has 30 heavy (non-hydrogen) atoms. The Bertz CT molecular complexity index is 862. The number of ether oxygens (including phenoxy) is 1. The van der Waals surface area contributed by atoms with Gasteiger partial charge in [0, 0.05) is 50.7 Å². The number of morpholine rings is 1. The molecular formula is C20H26F3N5OS. The normalized spacial score (nSPS) is 15.4. The van der Waals surface area contributed by atoms with Crippen LogP contribution < -0.4 is 15.5 Å². The molecular weight excluding hydrogens is 415 g/mol. The molecule has 10 heteroatoms. The summed E-state index contributed by atoms with van der Waals surface area (Å²) >= 11 is 1.59. The summed E-state index contributed by atoms with van der Waals surface area (Å²) in [4.78, 5) is 10.4. The fourth-order valence-electron chi connectivity index (χ4n) is 3.23. The van der Waals surface area contributed by atoms with Gasteiger partial charge in [0.1, 0.15) is 0 Å². The lowest BCUT2D eigenvalue weighted by Crippen LogP contribution is -2.38. The number of alkyl halides is 3. The number of aromatic nitrogens is 1. The molecule has 3 rings (SSSR count). The van der Waals surface area contributed by atoms with E-state index in [1.54, 1.807) is 24.5 Å². The van der Waals surface area contributed by atoms with E-state index in [2.05, 4.69) is 20.6 Å². The number of halogens is 3. The van der Waals surface area contributed by atoms with Gasteiger partial charge in [-0.1, -0.05) is 6.07 Å². The Morgan fingerprint density at radius 2 is 2.03 bits per heavy atom. The monoisotopic (exact) mass is 441 g/mol. The predicted molar refractivity (Wildman–Crippen MR) is 113 cm³/mol. The fraction of sp³-hybridized carbons (Fsp3) is 0.500. The average molecular weight is 442 g/mol. The first kappa shape index (κ1) is 22.4. The Morgan fingerprint density at radius 1 is 1.27 bits per heavy atom. The second-order valence-electron chi connectivity index (χ2n) is 6.90. The minimum Gasteiger partial charge on any atom is -0.378 e. The van der Waals surface area contributed by atoms with Crippen LogP contribution in [-0.4, -0.2) is 50.8 Å². The number of aliphatic imine (C=N–C) groups is 1. The van der Waals surface area contributed by atoms with Crippen LogP contribution in [-0.2, 0) is 23.9 Å². The molecule has 6 nitrogen and oxygen atoms in total. The summed E-state index contributed by atoms with van der Waals surface area (Å²) in [6.07, 6.45) is -3.72. The highest BCUT2D eigenvalue weighted by Crippen LogP contribution is 2.35. The van der Waals surface area contributed by atoms with Gasteiger partial charge < -0.3 is 20.3 Å². The molecule has 0 spiro atoms. The maximum Gasteiger partial charge on any atom is 0.416 e. The van der Waals surface area contributed by atoms with Crippen LogP contribution in [0.5, 0.6) is 0 Å². The van der Waals surface area contributed by atoms with Gasteiger partial charge in [-0.3, -0.25) is 4.99 Å². The van der Waals surface area contributed by atoms with E-state index >= 15 is 0 Å². The zero-order chi connectivity index (χ0) is 21.6. The number of nitrogens with one attached hydrogen (secondary N) is 2. The Kier molecular flexibility index (Phi) is 7.54. The van der Waals surface area contributed by atoms with Gasteiger partial charge in [0.2, 0.25) is 0 Å². The molecule has 164 valence electrons. The first-order chi connectivity index (χ1) is 14.4. The molecule has 1 aliphatic heterocycles. The van der Waals surface area contributed by atoms with Crippen molar-refractivity contribution in [1.29, 1.82) is 0 Å². The van der Waals surface area contributed by atoms with Crippen LogP contribution in [0.2, 0.25) is 0 Å². The van der Waals surface area contributed by atoms with Crippen molar-refractivity contribution < 1.29 is 17.9 Å². The van der Waals surface area contributed by atoms with Crippen LogP contribution in [0.4, 0.5) is 18.9 Å². The van der Waals surface area contributed by atoms with Crippen molar-refractivity contribution >= 4 is 23.0 Å². The maximum atomic E-state index is 13.7. The van der Waals surface area contributed by atoms with Gasteiger partial charge in [-0.2, -0.15) is 13.2 Å². The molecule has 1 aliphatic rings. The van der Waals surface area contributed by atoms with Crippen molar-refractivity contribution in [3.8, 4) is 0 Å². The van der Waals surface area contributed by atoms with E-state index in [4.69, 9.17) is 4.74 Å². The molecule has 2 heterocycles. The van der Waals surface area contributed by atoms with E-state index in [1.165, 1.54) is 12.1 Å². The van der Waals surface area contributed by atoms with Crippen LogP contribution >= 0.6 is 11.3 Å². The molecule has 0 saturated carbocycles. The van der Waals surface area contributed by atoms with Gasteiger partial charge in [0.05, 0.1) is 29.5 Å². The first-order valence-corrected chi connectivity index (χ1v) is 10.6. The van der Waals surface area contributed by atoms with E-state index in [0.717, 1.165) is 10.7 Å². The van der Waals surface area contributed by atoms with Crippen LogP contribution in [0.25, 0.3) is 0 Å². The Balaban J connectivity index is 1.62. The molecule has 0 atom stereocenters. The zero-order valence-electron chi connectivity index (χ0n) is 17.1. The number of aryl methyl sites for hydroxylation is 1. The third-order valence-electron chi connectivity index (χ3n) is 4.79. The van der Waals surface area contributed by atoms with Crippen molar-refractivity contribution in [3.05, 3.63) is 45.4 Å². The molecule has 2 N–H and O–H groups in total. The van der Waals surface area contributed by atoms with E-state index in [1.807, 2.05) is 17.2 Å². The molecule has 1 saturated heterocycles. The van der Waals surface area contributed by atoms with Crippen LogP contribution in [0.3, 0.4) is 0 Å². The van der Waals surface area contributed by atoms with Crippen LogP contribution in [0.1, 0.15) is 21.8 Å². The van der Waals surface area contributed by atoms with Gasteiger partial charge in [-0.25, -0.2) is 4.98 Å². The average Bonchev–Trinajstić information content (AvgIpc) is 3.15. The molecule has 0 bridgehead atoms. The highest BCUT2D eigenvalue weighted by atomic mass is 32.1. The summed E-state index contributed by atoms with van der Waals surface area (Å²) < 4.78 is 46.3. The number of thiazole rings is 1. The SMILES string of the molecule is CN=C(NCCc1csc(C)n1)NCc1ccc(N2CCOCC2)cc1C(F)(F)F. The van der Waals surface area contributed by atoms with Gasteiger partial charge in [0.25, 0.3) is 0 Å². The van der Waals surface area contributed by atoms with Crippen molar-refractivity contribution in [2.24, 2.45) is 4.99 Å². The molecule has 1 aromatic heterocycles. The summed E-state index contributed by atoms with van der Waals surface area (Å²) in [5.41, 5.74) is 1.10. The summed E-state index contributed by atoms with van der Waals surface area (Å²) in [6, 6.07) is 4.49. The fourth-order valence-corrected chi connectivity index (χ4v) is 3.88. The van der Waals surface area contributed by atoms with Crippen LogP contribution in [0.15, 0.2) is 28.6 Å². The number of hydrogen-bond acceptors (Lipinski definition) is 5. The summed E-state index contributed by atoms with van der Waals surface area (Å²) in [7, 11) is 1.59. The number of benzene rings is 1. The van der Waals surface area contributed by atoms with Crippen molar-refractivity contribution in [2.45, 2.75) is 26.1 Å². The van der Waals surface area contributed by atoms with Crippen LogP contribution in [0, 0.1) is 6.92 Å². The number of rotatable bonds is 6. The Hall–Kier alpha value is -2.33. The second kappa shape index (κ2) is 10.1. The first-order valence-electron chi connectivity index (χ1n) is 9.75. The zero-order valence-corrected chi connectivity index (χ0v) is 17.9. The van der Waals surface area contributed by atoms with Gasteiger partial charge in [-0.15, -0.1) is 11.3 Å². The molecule has 1 fully saturated rings.